The van der Waals surface area contributed by atoms with Gasteiger partial charge in [0.25, 0.3) is 0 Å². The highest BCUT2D eigenvalue weighted by Gasteiger charge is 2.09. The van der Waals surface area contributed by atoms with Crippen LogP contribution < -0.4 is 4.74 Å². The third-order valence-corrected chi connectivity index (χ3v) is 6.13. The molecule has 1 aliphatic carbocycles. The summed E-state index contributed by atoms with van der Waals surface area (Å²) in [6, 6.07) is 6.13. The Hall–Kier alpha value is -2.66. The molecule has 0 unspecified atom stereocenters. The van der Waals surface area contributed by atoms with Crippen LogP contribution in [0.5, 0.6) is 5.75 Å². The van der Waals surface area contributed by atoms with Gasteiger partial charge >= 0.3 is 5.97 Å². The Morgan fingerprint density at radius 3 is 2.76 bits per heavy atom. The van der Waals surface area contributed by atoms with Crippen molar-refractivity contribution in [3.05, 3.63) is 75.8 Å². The number of carboxylic acids is 1. The van der Waals surface area contributed by atoms with Crippen LogP contribution in [0, 0.1) is 0 Å². The van der Waals surface area contributed by atoms with Gasteiger partial charge in [0.2, 0.25) is 0 Å². The Bertz CT molecular complexity index is 956. The average Bonchev–Trinajstić information content (AvgIpc) is 3.13. The Morgan fingerprint density at radius 1 is 1.12 bits per heavy atom. The number of aromatic nitrogens is 1. The molecule has 0 fully saturated rings. The molecule has 1 aromatic carbocycles. The molecular formula is C28H37NO3S. The van der Waals surface area contributed by atoms with Crippen LogP contribution in [-0.4, -0.2) is 22.7 Å². The first-order valence-corrected chi connectivity index (χ1v) is 13.0. The molecule has 0 saturated heterocycles. The molecule has 178 valence electrons. The van der Waals surface area contributed by atoms with Crippen LogP contribution in [0.3, 0.4) is 0 Å². The molecule has 4 nitrogen and oxygen atoms in total. The highest BCUT2D eigenvalue weighted by Crippen LogP contribution is 2.23. The van der Waals surface area contributed by atoms with Crippen LogP contribution in [0.2, 0.25) is 0 Å². The second kappa shape index (κ2) is 15.2. The van der Waals surface area contributed by atoms with Gasteiger partial charge in [-0.15, -0.1) is 11.3 Å². The zero-order chi connectivity index (χ0) is 23.9. The number of carboxylic acid groups (broad SMARTS) is 1. The third-order valence-electron chi connectivity index (χ3n) is 5.22. The molecule has 1 aliphatic rings. The van der Waals surface area contributed by atoms with E-state index in [0.29, 0.717) is 13.0 Å². The van der Waals surface area contributed by atoms with Gasteiger partial charge in [0.15, 0.2) is 0 Å². The molecule has 1 N–H and O–H groups in total. The van der Waals surface area contributed by atoms with E-state index in [0.717, 1.165) is 66.1 Å². The average molecular weight is 468 g/mol. The number of allylic oxidation sites excluding steroid dienone is 6. The summed E-state index contributed by atoms with van der Waals surface area (Å²) in [5.41, 5.74) is 4.53. The Morgan fingerprint density at radius 2 is 1.97 bits per heavy atom. The van der Waals surface area contributed by atoms with E-state index in [4.69, 9.17) is 14.8 Å². The van der Waals surface area contributed by atoms with E-state index in [9.17, 15) is 4.79 Å². The van der Waals surface area contributed by atoms with Crippen molar-refractivity contribution in [1.29, 1.82) is 0 Å². The van der Waals surface area contributed by atoms with Crippen LogP contribution in [0.15, 0.2) is 54.0 Å². The predicted octanol–water partition coefficient (Wildman–Crippen LogP) is 7.44. The second-order valence-electron chi connectivity index (χ2n) is 7.69. The van der Waals surface area contributed by atoms with Crippen LogP contribution in [0.25, 0.3) is 5.57 Å². The van der Waals surface area contributed by atoms with Crippen LogP contribution >= 0.6 is 11.3 Å². The Balaban J connectivity index is 0.00000187. The minimum Gasteiger partial charge on any atom is -0.494 e. The number of hydrogen-bond donors (Lipinski definition) is 1. The van der Waals surface area contributed by atoms with E-state index in [1.54, 1.807) is 11.3 Å². The zero-order valence-electron chi connectivity index (χ0n) is 20.2. The monoisotopic (exact) mass is 467 g/mol. The number of nitrogens with zero attached hydrogens (tertiary/aromatic N) is 1. The Labute approximate surface area is 202 Å². The molecule has 0 atom stereocenters. The number of carbonyl (C=O) groups is 1. The van der Waals surface area contributed by atoms with E-state index in [1.807, 2.05) is 26.0 Å². The summed E-state index contributed by atoms with van der Waals surface area (Å²) >= 11 is 1.70. The maximum absolute atomic E-state index is 11.0. The highest BCUT2D eigenvalue weighted by atomic mass is 32.1. The third kappa shape index (κ3) is 9.39. The largest absolute Gasteiger partial charge is 0.494 e. The number of aryl methyl sites for hydroxylation is 3. The van der Waals surface area contributed by atoms with Crippen molar-refractivity contribution in [2.24, 2.45) is 0 Å². The smallest absolute Gasteiger partial charge is 0.303 e. The Kier molecular flexibility index (Phi) is 12.3. The van der Waals surface area contributed by atoms with E-state index in [1.165, 1.54) is 5.56 Å². The molecule has 0 amide bonds. The van der Waals surface area contributed by atoms with E-state index < -0.39 is 5.97 Å². The molecule has 0 spiro atoms. The van der Waals surface area contributed by atoms with Gasteiger partial charge in [-0.2, -0.15) is 0 Å². The lowest BCUT2D eigenvalue weighted by Gasteiger charge is -2.12. The van der Waals surface area contributed by atoms with Crippen molar-refractivity contribution >= 4 is 22.9 Å². The molecule has 1 aromatic heterocycles. The first kappa shape index (κ1) is 26.6. The van der Waals surface area contributed by atoms with Gasteiger partial charge in [0.1, 0.15) is 5.75 Å². The molecule has 0 radical (unpaired) electrons. The summed E-state index contributed by atoms with van der Waals surface area (Å²) in [4.78, 5) is 15.8. The molecule has 3 rings (SSSR count). The quantitative estimate of drug-likeness (QED) is 0.330. The van der Waals surface area contributed by atoms with Gasteiger partial charge in [-0.3, -0.25) is 4.79 Å². The summed E-state index contributed by atoms with van der Waals surface area (Å²) in [6.07, 6.45) is 17.3. The van der Waals surface area contributed by atoms with Gasteiger partial charge in [-0.1, -0.05) is 63.6 Å². The number of hydrogen-bond acceptors (Lipinski definition) is 4. The fourth-order valence-electron chi connectivity index (χ4n) is 3.50. The molecule has 0 saturated carbocycles. The zero-order valence-corrected chi connectivity index (χ0v) is 21.0. The summed E-state index contributed by atoms with van der Waals surface area (Å²) < 4.78 is 5.97. The van der Waals surface area contributed by atoms with E-state index in [-0.39, 0.29) is 6.42 Å². The fraction of sp³-hybridized carbons (Fsp3) is 0.429. The lowest BCUT2D eigenvalue weighted by atomic mass is 9.98. The first-order chi connectivity index (χ1) is 16.2. The van der Waals surface area contributed by atoms with Crippen LogP contribution in [0.1, 0.15) is 74.7 Å². The predicted molar refractivity (Wildman–Crippen MR) is 139 cm³/mol. The summed E-state index contributed by atoms with van der Waals surface area (Å²) in [5, 5.41) is 12.3. The van der Waals surface area contributed by atoms with Gasteiger partial charge in [0.05, 0.1) is 17.3 Å². The molecule has 0 bridgehead atoms. The second-order valence-corrected chi connectivity index (χ2v) is 8.64. The lowest BCUT2D eigenvalue weighted by molar-refractivity contribution is -0.136. The van der Waals surface area contributed by atoms with Crippen molar-refractivity contribution in [1.82, 2.24) is 4.98 Å². The van der Waals surface area contributed by atoms with Gasteiger partial charge in [-0.25, -0.2) is 4.98 Å². The summed E-state index contributed by atoms with van der Waals surface area (Å²) in [5.74, 6) is 0.0581. The molecule has 2 aromatic rings. The number of rotatable bonds is 12. The van der Waals surface area contributed by atoms with Gasteiger partial charge in [0, 0.05) is 23.8 Å². The number of aliphatic carboxylic acids is 1. The summed E-state index contributed by atoms with van der Waals surface area (Å²) in [7, 11) is 0. The van der Waals surface area contributed by atoms with E-state index in [2.05, 4.69) is 48.8 Å². The van der Waals surface area contributed by atoms with Crippen molar-refractivity contribution < 1.29 is 14.6 Å². The van der Waals surface area contributed by atoms with Gasteiger partial charge < -0.3 is 9.84 Å². The van der Waals surface area contributed by atoms with Crippen molar-refractivity contribution in [3.8, 4) is 5.75 Å². The molecule has 0 aliphatic heterocycles. The van der Waals surface area contributed by atoms with E-state index >= 15 is 0 Å². The maximum atomic E-state index is 11.0. The normalized spacial score (nSPS) is 12.5. The molecular weight excluding hydrogens is 430 g/mol. The number of unbranched alkanes of at least 4 members (excludes halogenated alkanes) is 1. The lowest BCUT2D eigenvalue weighted by Crippen LogP contribution is -2.03. The van der Waals surface area contributed by atoms with Crippen molar-refractivity contribution in [2.75, 3.05) is 6.61 Å². The van der Waals surface area contributed by atoms with Crippen molar-refractivity contribution in [2.45, 2.75) is 72.1 Å². The van der Waals surface area contributed by atoms with Crippen LogP contribution in [0.4, 0.5) is 0 Å². The highest BCUT2D eigenvalue weighted by molar-refractivity contribution is 7.09. The summed E-state index contributed by atoms with van der Waals surface area (Å²) in [6.45, 7) is 6.79. The SMILES string of the molecule is CC.CCCCc1ccc(OCCCc2nc(C3=CC=CCC=C3)cs2)cc1CCC(=O)O. The van der Waals surface area contributed by atoms with Crippen molar-refractivity contribution in [3.63, 3.8) is 0 Å². The van der Waals surface area contributed by atoms with Crippen LogP contribution in [-0.2, 0) is 24.1 Å². The maximum Gasteiger partial charge on any atom is 0.303 e. The van der Waals surface area contributed by atoms with Gasteiger partial charge in [-0.05, 0) is 55.4 Å². The molecule has 1 heterocycles. The fourth-order valence-corrected chi connectivity index (χ4v) is 4.35. The standard InChI is InChI=1S/C26H31NO3S.C2H6/c1-2-3-9-20-13-15-23(18-22(20)14-16-26(28)29)30-17-8-12-25-27-24(19-31-25)21-10-6-4-5-7-11-21;1-2/h4,6-7,10-11,13,15,18-19H,2-3,5,8-9,12,14,16-17H2,1H3,(H,28,29);1-2H3. The topological polar surface area (TPSA) is 59.4 Å². The molecule has 33 heavy (non-hydrogen) atoms. The number of ether oxygens (including phenoxy) is 1. The minimum absolute atomic E-state index is 0.149. The first-order valence-electron chi connectivity index (χ1n) is 12.1. The number of benzene rings is 1. The minimum atomic E-state index is -0.762. The number of thiazole rings is 1. The molecule has 5 heteroatoms.